The SMILES string of the molecule is CCCCOc1ccc([C@]2(C)CC(c3ccn(CC4CCC4)n3)=C(n3nn[nH]c3=O)C(=O)N2)c(F)c1. The number of unbranched alkanes of at least 4 members (excludes halogenated alkanes) is 1. The van der Waals surface area contributed by atoms with Gasteiger partial charge in [0.2, 0.25) is 0 Å². The molecule has 1 fully saturated rings. The van der Waals surface area contributed by atoms with Crippen molar-refractivity contribution in [3.8, 4) is 5.75 Å². The van der Waals surface area contributed by atoms with Crippen LogP contribution in [0.25, 0.3) is 11.3 Å². The monoisotopic (exact) mass is 495 g/mol. The van der Waals surface area contributed by atoms with E-state index in [-0.39, 0.29) is 12.1 Å². The van der Waals surface area contributed by atoms with E-state index in [1.165, 1.54) is 25.3 Å². The van der Waals surface area contributed by atoms with Crippen molar-refractivity contribution in [3.63, 3.8) is 0 Å². The van der Waals surface area contributed by atoms with Gasteiger partial charge in [-0.15, -0.1) is 0 Å². The van der Waals surface area contributed by atoms with Gasteiger partial charge in [-0.25, -0.2) is 14.3 Å². The van der Waals surface area contributed by atoms with Gasteiger partial charge in [-0.1, -0.05) is 25.8 Å². The molecule has 5 rings (SSSR count). The highest BCUT2D eigenvalue weighted by atomic mass is 19.1. The summed E-state index contributed by atoms with van der Waals surface area (Å²) >= 11 is 0. The van der Waals surface area contributed by atoms with Crippen LogP contribution in [0.1, 0.15) is 63.6 Å². The Morgan fingerprint density at radius 3 is 2.75 bits per heavy atom. The van der Waals surface area contributed by atoms with Crippen LogP contribution < -0.4 is 15.7 Å². The highest BCUT2D eigenvalue weighted by Gasteiger charge is 2.41. The van der Waals surface area contributed by atoms with E-state index in [4.69, 9.17) is 9.84 Å². The van der Waals surface area contributed by atoms with Crippen molar-refractivity contribution in [1.29, 1.82) is 0 Å². The second kappa shape index (κ2) is 9.71. The predicted octanol–water partition coefficient (Wildman–Crippen LogP) is 3.08. The number of rotatable bonds is 9. The van der Waals surface area contributed by atoms with E-state index >= 15 is 4.39 Å². The number of amides is 1. The van der Waals surface area contributed by atoms with Crippen LogP contribution in [-0.2, 0) is 16.9 Å². The molecule has 3 aromatic rings. The van der Waals surface area contributed by atoms with Crippen LogP contribution in [0.3, 0.4) is 0 Å². The molecule has 2 N–H and O–H groups in total. The molecule has 190 valence electrons. The highest BCUT2D eigenvalue weighted by molar-refractivity contribution is 6.22. The minimum atomic E-state index is -1.09. The minimum absolute atomic E-state index is 0.0278. The van der Waals surface area contributed by atoms with Crippen LogP contribution in [0.2, 0.25) is 0 Å². The van der Waals surface area contributed by atoms with Crippen LogP contribution in [0.5, 0.6) is 5.75 Å². The van der Waals surface area contributed by atoms with Gasteiger partial charge in [0.25, 0.3) is 5.91 Å². The Morgan fingerprint density at radius 2 is 2.08 bits per heavy atom. The summed E-state index contributed by atoms with van der Waals surface area (Å²) in [6, 6.07) is 6.51. The van der Waals surface area contributed by atoms with E-state index in [0.717, 1.165) is 24.1 Å². The van der Waals surface area contributed by atoms with Crippen LogP contribution in [0.4, 0.5) is 4.39 Å². The topological polar surface area (TPSA) is 120 Å². The molecule has 0 bridgehead atoms. The van der Waals surface area contributed by atoms with Gasteiger partial charge >= 0.3 is 5.69 Å². The zero-order valence-corrected chi connectivity index (χ0v) is 20.5. The summed E-state index contributed by atoms with van der Waals surface area (Å²) in [5.41, 5.74) is -0.355. The molecule has 10 nitrogen and oxygen atoms in total. The van der Waals surface area contributed by atoms with Gasteiger partial charge in [-0.05, 0) is 54.7 Å². The number of hydrogen-bond donors (Lipinski definition) is 2. The van der Waals surface area contributed by atoms with E-state index in [9.17, 15) is 9.59 Å². The van der Waals surface area contributed by atoms with E-state index in [0.29, 0.717) is 35.1 Å². The first-order chi connectivity index (χ1) is 17.4. The molecule has 2 aromatic heterocycles. The number of nitrogens with zero attached hydrogens (tertiary/aromatic N) is 5. The van der Waals surface area contributed by atoms with Crippen molar-refractivity contribution in [1.82, 2.24) is 35.3 Å². The summed E-state index contributed by atoms with van der Waals surface area (Å²) < 4.78 is 23.7. The summed E-state index contributed by atoms with van der Waals surface area (Å²) in [6.07, 6.45) is 7.51. The molecule has 1 aromatic carbocycles. The molecule has 3 heterocycles. The second-order valence-electron chi connectivity index (χ2n) is 9.77. The number of aromatic amines is 1. The quantitative estimate of drug-likeness (QED) is 0.440. The molecule has 0 spiro atoms. The zero-order valence-electron chi connectivity index (χ0n) is 20.5. The fourth-order valence-electron chi connectivity index (χ4n) is 4.80. The van der Waals surface area contributed by atoms with Crippen LogP contribution >= 0.6 is 0 Å². The maximum absolute atomic E-state index is 15.3. The molecule has 1 aliphatic carbocycles. The Bertz CT molecular complexity index is 1350. The maximum atomic E-state index is 15.3. The fraction of sp³-hybridized carbons (Fsp3) is 0.480. The Kier molecular flexibility index (Phi) is 6.46. The van der Waals surface area contributed by atoms with Gasteiger partial charge in [-0.3, -0.25) is 9.48 Å². The number of tetrazole rings is 1. The smallest absolute Gasteiger partial charge is 0.366 e. The Labute approximate surface area is 207 Å². The number of benzene rings is 1. The van der Waals surface area contributed by atoms with Gasteiger partial charge < -0.3 is 10.1 Å². The average Bonchev–Trinajstić information content (AvgIpc) is 3.45. The summed E-state index contributed by atoms with van der Waals surface area (Å²) in [5.74, 6) is -0.0121. The van der Waals surface area contributed by atoms with Crippen LogP contribution in [0.15, 0.2) is 35.3 Å². The number of ether oxygens (including phenoxy) is 1. The van der Waals surface area contributed by atoms with Crippen molar-refractivity contribution >= 4 is 17.2 Å². The average molecular weight is 496 g/mol. The number of nitrogens with one attached hydrogen (secondary N) is 2. The second-order valence-corrected chi connectivity index (χ2v) is 9.77. The van der Waals surface area contributed by atoms with E-state index in [1.54, 1.807) is 19.1 Å². The standard InChI is InChI=1S/C25H30FN7O3/c1-3-4-12-36-17-8-9-19(20(26)13-17)25(2)14-18(21-10-11-32(29-21)15-16-6-5-7-16)22(23(34)27-25)33-24(35)28-30-31-33/h8-11,13,16H,3-7,12,14-15H2,1-2H3,(H,27,34)(H,28,31,35)/t25-/m0/s1. The fourth-order valence-corrected chi connectivity index (χ4v) is 4.80. The first kappa shape index (κ1) is 24.0. The Balaban J connectivity index is 1.52. The lowest BCUT2D eigenvalue weighted by Crippen LogP contribution is -2.49. The normalized spacial score (nSPS) is 20.4. The van der Waals surface area contributed by atoms with Crippen molar-refractivity contribution < 1.29 is 13.9 Å². The minimum Gasteiger partial charge on any atom is -0.493 e. The molecule has 1 saturated carbocycles. The summed E-state index contributed by atoms with van der Waals surface area (Å²) in [6.45, 7) is 5.12. The number of aromatic nitrogens is 6. The lowest BCUT2D eigenvalue weighted by Gasteiger charge is -2.37. The van der Waals surface area contributed by atoms with Gasteiger partial charge in [0, 0.05) is 36.4 Å². The molecule has 0 radical (unpaired) electrons. The third-order valence-electron chi connectivity index (χ3n) is 7.03. The van der Waals surface area contributed by atoms with Crippen molar-refractivity contribution in [2.75, 3.05) is 6.61 Å². The summed E-state index contributed by atoms with van der Waals surface area (Å²) in [7, 11) is 0. The number of carbonyl (C=O) groups is 1. The van der Waals surface area contributed by atoms with Crippen molar-refractivity contribution in [3.05, 3.63) is 58.0 Å². The molecule has 0 saturated heterocycles. The molecular formula is C25H30FN7O3. The maximum Gasteiger partial charge on any atom is 0.366 e. The predicted molar refractivity (Wildman–Crippen MR) is 130 cm³/mol. The molecule has 1 aliphatic heterocycles. The molecule has 1 amide bonds. The third kappa shape index (κ3) is 4.57. The Morgan fingerprint density at radius 1 is 1.25 bits per heavy atom. The largest absolute Gasteiger partial charge is 0.493 e. The first-order valence-corrected chi connectivity index (χ1v) is 12.4. The molecule has 2 aliphatic rings. The van der Waals surface area contributed by atoms with E-state index in [2.05, 4.69) is 27.8 Å². The van der Waals surface area contributed by atoms with E-state index in [1.807, 2.05) is 16.9 Å². The molecule has 36 heavy (non-hydrogen) atoms. The van der Waals surface area contributed by atoms with Crippen LogP contribution in [0, 0.1) is 11.7 Å². The van der Waals surface area contributed by atoms with Gasteiger partial charge in [0.05, 0.1) is 17.8 Å². The number of halogens is 1. The van der Waals surface area contributed by atoms with Gasteiger partial charge in [0.1, 0.15) is 17.3 Å². The van der Waals surface area contributed by atoms with Crippen molar-refractivity contribution in [2.45, 2.75) is 64.5 Å². The summed E-state index contributed by atoms with van der Waals surface area (Å²) in [4.78, 5) is 25.8. The number of carbonyl (C=O) groups excluding carboxylic acids is 1. The molecule has 0 unspecified atom stereocenters. The molecular weight excluding hydrogens is 465 g/mol. The lowest BCUT2D eigenvalue weighted by molar-refractivity contribution is -0.118. The van der Waals surface area contributed by atoms with Crippen LogP contribution in [-0.4, -0.2) is 42.5 Å². The molecule has 1 atom stereocenters. The summed E-state index contributed by atoms with van der Waals surface area (Å²) in [5, 5.41) is 17.1. The highest BCUT2D eigenvalue weighted by Crippen LogP contribution is 2.40. The lowest BCUT2D eigenvalue weighted by atomic mass is 9.80. The number of hydrogen-bond acceptors (Lipinski definition) is 6. The first-order valence-electron chi connectivity index (χ1n) is 12.4. The van der Waals surface area contributed by atoms with E-state index < -0.39 is 23.0 Å². The zero-order chi connectivity index (χ0) is 25.3. The Hall–Kier alpha value is -3.76. The molecule has 11 heteroatoms. The van der Waals surface area contributed by atoms with Gasteiger partial charge in [0.15, 0.2) is 0 Å². The number of H-pyrrole nitrogens is 1. The van der Waals surface area contributed by atoms with Gasteiger partial charge in [-0.2, -0.15) is 9.78 Å². The van der Waals surface area contributed by atoms with Crippen molar-refractivity contribution in [2.24, 2.45) is 5.92 Å². The third-order valence-corrected chi connectivity index (χ3v) is 7.03.